The lowest BCUT2D eigenvalue weighted by atomic mass is 9.99. The summed E-state index contributed by atoms with van der Waals surface area (Å²) in [5.41, 5.74) is 5.65. The maximum atomic E-state index is 5.70. The highest BCUT2D eigenvalue weighted by atomic mass is 32.2. The first-order valence-electron chi connectivity index (χ1n) is 7.42. The molecule has 0 saturated carbocycles. The van der Waals surface area contributed by atoms with E-state index in [0.29, 0.717) is 5.92 Å². The normalized spacial score (nSPS) is 12.6. The molecule has 0 aromatic heterocycles. The molecule has 0 aliphatic carbocycles. The summed E-state index contributed by atoms with van der Waals surface area (Å²) in [4.78, 5) is 1.29. The average molecular weight is 300 g/mol. The van der Waals surface area contributed by atoms with Gasteiger partial charge in [0.05, 0.1) is 0 Å². The van der Waals surface area contributed by atoms with Crippen LogP contribution in [0.5, 0.6) is 0 Å². The Morgan fingerprint density at radius 1 is 1.00 bits per heavy atom. The molecule has 0 aliphatic rings. The number of hydrazine groups is 1. The minimum Gasteiger partial charge on any atom is -0.271 e. The van der Waals surface area contributed by atoms with Gasteiger partial charge in [-0.05, 0) is 35.6 Å². The van der Waals surface area contributed by atoms with Crippen LogP contribution in [0.4, 0.5) is 0 Å². The Morgan fingerprint density at radius 2 is 1.67 bits per heavy atom. The minimum absolute atomic E-state index is 0.278. The molecule has 3 N–H and O–H groups in total. The Bertz CT molecular complexity index is 523. The molecular weight excluding hydrogens is 276 g/mol. The molecule has 0 bridgehead atoms. The summed E-state index contributed by atoms with van der Waals surface area (Å²) in [7, 11) is 0. The third-order valence-corrected chi connectivity index (χ3v) is 4.73. The zero-order chi connectivity index (χ0) is 15.1. The van der Waals surface area contributed by atoms with Crippen LogP contribution in [0.2, 0.25) is 0 Å². The lowest BCUT2D eigenvalue weighted by molar-refractivity contribution is 0.575. The lowest BCUT2D eigenvalue weighted by Crippen LogP contribution is -2.38. The summed E-state index contributed by atoms with van der Waals surface area (Å²) in [6.45, 7) is 4.44. The van der Waals surface area contributed by atoms with E-state index in [4.69, 9.17) is 5.84 Å². The maximum absolute atomic E-state index is 5.70. The van der Waals surface area contributed by atoms with Crippen molar-refractivity contribution in [3.8, 4) is 0 Å². The van der Waals surface area contributed by atoms with Crippen LogP contribution in [0.3, 0.4) is 0 Å². The topological polar surface area (TPSA) is 38.0 Å². The zero-order valence-electron chi connectivity index (χ0n) is 12.8. The van der Waals surface area contributed by atoms with Crippen LogP contribution in [0, 0.1) is 0 Å². The third kappa shape index (κ3) is 5.20. The summed E-state index contributed by atoms with van der Waals surface area (Å²) in [5, 5.41) is 0. The van der Waals surface area contributed by atoms with Crippen LogP contribution >= 0.6 is 11.8 Å². The summed E-state index contributed by atoms with van der Waals surface area (Å²) >= 11 is 1.84. The van der Waals surface area contributed by atoms with Gasteiger partial charge in [0.1, 0.15) is 0 Å². The molecule has 112 valence electrons. The number of rotatable bonds is 7. The summed E-state index contributed by atoms with van der Waals surface area (Å²) in [6.07, 6.45) is 0.953. The molecule has 2 nitrogen and oxygen atoms in total. The predicted molar refractivity (Wildman–Crippen MR) is 92.5 cm³/mol. The van der Waals surface area contributed by atoms with Gasteiger partial charge in [-0.1, -0.05) is 56.3 Å². The van der Waals surface area contributed by atoms with Gasteiger partial charge >= 0.3 is 0 Å². The summed E-state index contributed by atoms with van der Waals surface area (Å²) < 4.78 is 0. The Kier molecular flexibility index (Phi) is 6.30. The van der Waals surface area contributed by atoms with E-state index in [1.165, 1.54) is 16.0 Å². The molecular formula is C18H24N2S. The smallest absolute Gasteiger partial charge is 0.0344 e. The average Bonchev–Trinajstić information content (AvgIpc) is 2.53. The fraction of sp³-hybridized carbons (Fsp3) is 0.333. The van der Waals surface area contributed by atoms with Crippen molar-refractivity contribution in [2.45, 2.75) is 37.1 Å². The number of nitrogens with one attached hydrogen (secondary N) is 1. The second-order valence-corrected chi connectivity index (χ2v) is 6.68. The van der Waals surface area contributed by atoms with Gasteiger partial charge in [-0.2, -0.15) is 0 Å². The Labute approximate surface area is 132 Å². The Balaban J connectivity index is 1.89. The van der Waals surface area contributed by atoms with Crippen molar-refractivity contribution in [3.05, 3.63) is 65.7 Å². The van der Waals surface area contributed by atoms with E-state index in [1.807, 2.05) is 17.8 Å². The number of hydrogen-bond donors (Lipinski definition) is 2. The minimum atomic E-state index is 0.278. The Morgan fingerprint density at radius 3 is 2.24 bits per heavy atom. The molecule has 3 heteroatoms. The number of benzene rings is 2. The molecule has 2 rings (SSSR count). The fourth-order valence-electron chi connectivity index (χ4n) is 2.20. The van der Waals surface area contributed by atoms with E-state index in [1.54, 1.807) is 0 Å². The summed E-state index contributed by atoms with van der Waals surface area (Å²) in [5.74, 6) is 7.24. The van der Waals surface area contributed by atoms with Crippen LogP contribution in [0.15, 0.2) is 59.5 Å². The van der Waals surface area contributed by atoms with E-state index in [9.17, 15) is 0 Å². The fourth-order valence-corrected chi connectivity index (χ4v) is 3.16. The van der Waals surface area contributed by atoms with Gasteiger partial charge in [-0.25, -0.2) is 0 Å². The highest BCUT2D eigenvalue weighted by Crippen LogP contribution is 2.20. The van der Waals surface area contributed by atoms with Gasteiger partial charge in [0, 0.05) is 16.7 Å². The molecule has 0 fully saturated rings. The van der Waals surface area contributed by atoms with E-state index >= 15 is 0 Å². The number of nitrogens with two attached hydrogens (primary N) is 1. The van der Waals surface area contributed by atoms with Gasteiger partial charge in [-0.3, -0.25) is 11.3 Å². The first-order valence-corrected chi connectivity index (χ1v) is 8.40. The molecule has 1 unspecified atom stereocenters. The molecule has 21 heavy (non-hydrogen) atoms. The van der Waals surface area contributed by atoms with E-state index in [-0.39, 0.29) is 6.04 Å². The maximum Gasteiger partial charge on any atom is 0.0344 e. The monoisotopic (exact) mass is 300 g/mol. The van der Waals surface area contributed by atoms with Crippen LogP contribution in [0.25, 0.3) is 0 Å². The lowest BCUT2D eigenvalue weighted by Gasteiger charge is -2.16. The van der Waals surface area contributed by atoms with Gasteiger partial charge in [0.15, 0.2) is 0 Å². The molecule has 0 aliphatic heterocycles. The van der Waals surface area contributed by atoms with Crippen molar-refractivity contribution in [2.75, 3.05) is 5.75 Å². The SMILES string of the molecule is CC(C)c1ccc(CC(CSc2ccccc2)NN)cc1. The number of hydrogen-bond acceptors (Lipinski definition) is 3. The first-order chi connectivity index (χ1) is 10.2. The van der Waals surface area contributed by atoms with Crippen molar-refractivity contribution < 1.29 is 0 Å². The van der Waals surface area contributed by atoms with Crippen molar-refractivity contribution >= 4 is 11.8 Å². The van der Waals surface area contributed by atoms with Crippen molar-refractivity contribution in [1.29, 1.82) is 0 Å². The van der Waals surface area contributed by atoms with E-state index in [0.717, 1.165) is 12.2 Å². The van der Waals surface area contributed by atoms with Gasteiger partial charge in [-0.15, -0.1) is 11.8 Å². The molecule has 1 atom stereocenters. The highest BCUT2D eigenvalue weighted by Gasteiger charge is 2.09. The molecule has 0 radical (unpaired) electrons. The molecule has 2 aromatic rings. The second kappa shape index (κ2) is 8.23. The van der Waals surface area contributed by atoms with Gasteiger partial charge < -0.3 is 0 Å². The van der Waals surface area contributed by atoms with Gasteiger partial charge in [0.2, 0.25) is 0 Å². The number of thioether (sulfide) groups is 1. The molecule has 0 spiro atoms. The molecule has 2 aromatic carbocycles. The highest BCUT2D eigenvalue weighted by molar-refractivity contribution is 7.99. The van der Waals surface area contributed by atoms with Crippen LogP contribution < -0.4 is 11.3 Å². The zero-order valence-corrected chi connectivity index (χ0v) is 13.6. The van der Waals surface area contributed by atoms with E-state index < -0.39 is 0 Å². The van der Waals surface area contributed by atoms with Crippen LogP contribution in [0.1, 0.15) is 30.9 Å². The van der Waals surface area contributed by atoms with Crippen molar-refractivity contribution in [3.63, 3.8) is 0 Å². The molecule has 0 amide bonds. The predicted octanol–water partition coefficient (Wildman–Crippen LogP) is 3.98. The van der Waals surface area contributed by atoms with Gasteiger partial charge in [0.25, 0.3) is 0 Å². The van der Waals surface area contributed by atoms with Crippen LogP contribution in [-0.4, -0.2) is 11.8 Å². The molecule has 0 saturated heterocycles. The standard InChI is InChI=1S/C18H24N2S/c1-14(2)16-10-8-15(9-11-16)12-17(20-19)13-21-18-6-4-3-5-7-18/h3-11,14,17,20H,12-13,19H2,1-2H3. The summed E-state index contributed by atoms with van der Waals surface area (Å²) in [6, 6.07) is 19.6. The Hall–Kier alpha value is -1.29. The van der Waals surface area contributed by atoms with Crippen LogP contribution in [-0.2, 0) is 6.42 Å². The third-order valence-electron chi connectivity index (χ3n) is 3.56. The second-order valence-electron chi connectivity index (χ2n) is 5.59. The van der Waals surface area contributed by atoms with E-state index in [2.05, 4.69) is 67.8 Å². The quantitative estimate of drug-likeness (QED) is 0.461. The largest absolute Gasteiger partial charge is 0.271 e. The molecule has 0 heterocycles. The van der Waals surface area contributed by atoms with Crippen molar-refractivity contribution in [2.24, 2.45) is 5.84 Å². The first kappa shape index (κ1) is 16.1. The van der Waals surface area contributed by atoms with Crippen molar-refractivity contribution in [1.82, 2.24) is 5.43 Å².